The largest absolute Gasteiger partial charge is 0.434 e. The van der Waals surface area contributed by atoms with Crippen molar-refractivity contribution in [3.8, 4) is 0 Å². The summed E-state index contributed by atoms with van der Waals surface area (Å²) < 4.78 is 7.35. The summed E-state index contributed by atoms with van der Waals surface area (Å²) >= 11 is 1.12. The number of hydrogen-bond acceptors (Lipinski definition) is 5. The molecule has 2 amide bonds. The van der Waals surface area contributed by atoms with Crippen molar-refractivity contribution in [3.05, 3.63) is 27.9 Å². The average Bonchev–Trinajstić information content (AvgIpc) is 2.97. The van der Waals surface area contributed by atoms with Gasteiger partial charge in [0.25, 0.3) is 5.91 Å². The van der Waals surface area contributed by atoms with Crippen molar-refractivity contribution in [2.75, 3.05) is 11.4 Å². The number of ether oxygens (including phenoxy) is 1. The van der Waals surface area contributed by atoms with Crippen LogP contribution >= 0.6 is 11.3 Å². The highest BCUT2D eigenvalue weighted by atomic mass is 32.1. The van der Waals surface area contributed by atoms with Gasteiger partial charge in [-0.05, 0) is 25.1 Å². The van der Waals surface area contributed by atoms with Crippen LogP contribution in [0.15, 0.2) is 23.0 Å². The molecular weight excluding hydrogens is 294 g/mol. The molecule has 1 fully saturated rings. The van der Waals surface area contributed by atoms with Gasteiger partial charge in [0.1, 0.15) is 0 Å². The second-order valence-corrected chi connectivity index (χ2v) is 5.64. The maximum Gasteiger partial charge on any atom is 0.415 e. The lowest BCUT2D eigenvalue weighted by Crippen LogP contribution is -2.32. The number of rotatable bonds is 3. The minimum Gasteiger partial charge on any atom is -0.434 e. The topological polar surface area (TPSA) is 94.6 Å². The molecule has 2 aromatic rings. The van der Waals surface area contributed by atoms with Crippen LogP contribution in [0.2, 0.25) is 0 Å². The third kappa shape index (κ3) is 2.17. The van der Waals surface area contributed by atoms with E-state index in [1.807, 2.05) is 6.92 Å². The predicted molar refractivity (Wildman–Crippen MR) is 78.6 cm³/mol. The fourth-order valence-corrected chi connectivity index (χ4v) is 3.33. The van der Waals surface area contributed by atoms with Crippen LogP contribution in [0, 0.1) is 0 Å². The monoisotopic (exact) mass is 307 g/mol. The molecule has 1 unspecified atom stereocenters. The number of cyclic esters (lactones) is 1. The first-order valence-corrected chi connectivity index (χ1v) is 7.23. The van der Waals surface area contributed by atoms with Crippen molar-refractivity contribution in [2.24, 2.45) is 5.73 Å². The van der Waals surface area contributed by atoms with E-state index >= 15 is 0 Å². The number of aryl methyl sites for hydroxylation is 1. The molecule has 2 N–H and O–H groups in total. The van der Waals surface area contributed by atoms with E-state index in [0.29, 0.717) is 12.2 Å². The Kier molecular flexibility index (Phi) is 3.17. The number of anilines is 1. The molecule has 1 atom stereocenters. The molecular formula is C13H13N3O4S. The zero-order valence-electron chi connectivity index (χ0n) is 11.2. The number of thiazole rings is 1. The SMILES string of the molecule is CCn1c(=O)sc2cc(N3CC(C(N)=O)OC3=O)ccc21. The average molecular weight is 307 g/mol. The molecule has 2 heterocycles. The number of aromatic nitrogens is 1. The molecule has 3 rings (SSSR count). The van der Waals surface area contributed by atoms with E-state index < -0.39 is 18.1 Å². The molecule has 110 valence electrons. The lowest BCUT2D eigenvalue weighted by molar-refractivity contribution is -0.124. The highest BCUT2D eigenvalue weighted by Crippen LogP contribution is 2.27. The number of hydrogen-bond donors (Lipinski definition) is 1. The molecule has 1 saturated heterocycles. The zero-order valence-corrected chi connectivity index (χ0v) is 12.1. The van der Waals surface area contributed by atoms with Gasteiger partial charge in [-0.3, -0.25) is 19.1 Å². The van der Waals surface area contributed by atoms with Gasteiger partial charge in [-0.25, -0.2) is 4.79 Å². The van der Waals surface area contributed by atoms with Crippen LogP contribution in [0.3, 0.4) is 0 Å². The summed E-state index contributed by atoms with van der Waals surface area (Å²) in [7, 11) is 0. The summed E-state index contributed by atoms with van der Waals surface area (Å²) in [5.74, 6) is -0.672. The zero-order chi connectivity index (χ0) is 15.1. The first kappa shape index (κ1) is 13.6. The molecule has 1 aromatic heterocycles. The normalized spacial score (nSPS) is 18.2. The molecule has 0 saturated carbocycles. The van der Waals surface area contributed by atoms with E-state index in [4.69, 9.17) is 10.5 Å². The minimum absolute atomic E-state index is 0.0383. The highest BCUT2D eigenvalue weighted by molar-refractivity contribution is 7.16. The Labute approximate surface area is 123 Å². The summed E-state index contributed by atoms with van der Waals surface area (Å²) in [6.45, 7) is 2.58. The first-order valence-electron chi connectivity index (χ1n) is 6.42. The van der Waals surface area contributed by atoms with Gasteiger partial charge >= 0.3 is 11.0 Å². The van der Waals surface area contributed by atoms with Crippen LogP contribution in [0.5, 0.6) is 0 Å². The van der Waals surface area contributed by atoms with E-state index in [1.54, 1.807) is 22.8 Å². The summed E-state index contributed by atoms with van der Waals surface area (Å²) in [4.78, 5) is 36.0. The molecule has 1 aliphatic heterocycles. The molecule has 0 aliphatic carbocycles. The van der Waals surface area contributed by atoms with Crippen LogP contribution in [-0.4, -0.2) is 29.2 Å². The van der Waals surface area contributed by atoms with Crippen LogP contribution in [0.4, 0.5) is 10.5 Å². The second kappa shape index (κ2) is 4.88. The minimum atomic E-state index is -0.938. The number of nitrogens with zero attached hydrogens (tertiary/aromatic N) is 2. The summed E-state index contributed by atoms with van der Waals surface area (Å²) in [6.07, 6.45) is -1.55. The number of fused-ring (bicyclic) bond motifs is 1. The number of carbonyl (C=O) groups is 2. The lowest BCUT2D eigenvalue weighted by Gasteiger charge is -2.12. The van der Waals surface area contributed by atoms with Gasteiger partial charge in [0.05, 0.1) is 16.8 Å². The Morgan fingerprint density at radius 2 is 2.24 bits per heavy atom. The van der Waals surface area contributed by atoms with Crippen molar-refractivity contribution < 1.29 is 14.3 Å². The standard InChI is InChI=1S/C13H13N3O4S/c1-2-15-8-4-3-7(5-10(8)21-13(15)19)16-6-9(11(14)17)20-12(16)18/h3-5,9H,2,6H2,1H3,(H2,14,17). The quantitative estimate of drug-likeness (QED) is 0.911. The molecule has 7 nitrogen and oxygen atoms in total. The molecule has 1 aromatic carbocycles. The number of carbonyl (C=O) groups excluding carboxylic acids is 2. The van der Waals surface area contributed by atoms with Crippen LogP contribution in [-0.2, 0) is 16.1 Å². The van der Waals surface area contributed by atoms with Crippen LogP contribution in [0.25, 0.3) is 10.2 Å². The van der Waals surface area contributed by atoms with Crippen molar-refractivity contribution in [3.63, 3.8) is 0 Å². The van der Waals surface area contributed by atoms with Gasteiger partial charge in [0, 0.05) is 12.2 Å². The van der Waals surface area contributed by atoms with Crippen LogP contribution in [0.1, 0.15) is 6.92 Å². The maximum atomic E-state index is 11.8. The number of primary amides is 1. The molecule has 0 radical (unpaired) electrons. The predicted octanol–water partition coefficient (Wildman–Crippen LogP) is 0.893. The Balaban J connectivity index is 2.00. The Hall–Kier alpha value is -2.35. The Morgan fingerprint density at radius 3 is 2.86 bits per heavy atom. The number of nitrogens with two attached hydrogens (primary N) is 1. The third-order valence-electron chi connectivity index (χ3n) is 3.41. The summed E-state index contributed by atoms with van der Waals surface area (Å²) in [5, 5.41) is 0. The smallest absolute Gasteiger partial charge is 0.415 e. The molecule has 0 spiro atoms. The van der Waals surface area contributed by atoms with Gasteiger partial charge in [0.15, 0.2) is 6.10 Å². The second-order valence-electron chi connectivity index (χ2n) is 4.65. The van der Waals surface area contributed by atoms with E-state index in [-0.39, 0.29) is 11.4 Å². The third-order valence-corrected chi connectivity index (χ3v) is 4.35. The van der Waals surface area contributed by atoms with E-state index in [9.17, 15) is 14.4 Å². The maximum absolute atomic E-state index is 11.8. The molecule has 8 heteroatoms. The lowest BCUT2D eigenvalue weighted by atomic mass is 10.2. The summed E-state index contributed by atoms with van der Waals surface area (Å²) in [5.41, 5.74) is 6.56. The molecule has 0 bridgehead atoms. The van der Waals surface area contributed by atoms with E-state index in [1.165, 1.54) is 4.90 Å². The highest BCUT2D eigenvalue weighted by Gasteiger charge is 2.35. The van der Waals surface area contributed by atoms with Crippen LogP contribution < -0.4 is 15.5 Å². The van der Waals surface area contributed by atoms with Gasteiger partial charge in [-0.15, -0.1) is 0 Å². The van der Waals surface area contributed by atoms with Gasteiger partial charge in [-0.1, -0.05) is 11.3 Å². The van der Waals surface area contributed by atoms with Gasteiger partial charge in [0.2, 0.25) is 0 Å². The van der Waals surface area contributed by atoms with Gasteiger partial charge in [-0.2, -0.15) is 0 Å². The molecule has 1 aliphatic rings. The van der Waals surface area contributed by atoms with Gasteiger partial charge < -0.3 is 10.5 Å². The Morgan fingerprint density at radius 1 is 1.48 bits per heavy atom. The van der Waals surface area contributed by atoms with Crippen molar-refractivity contribution in [2.45, 2.75) is 19.6 Å². The number of amides is 2. The van der Waals surface area contributed by atoms with E-state index in [0.717, 1.165) is 21.6 Å². The van der Waals surface area contributed by atoms with Crippen molar-refractivity contribution in [1.29, 1.82) is 0 Å². The molecule has 21 heavy (non-hydrogen) atoms. The summed E-state index contributed by atoms with van der Waals surface area (Å²) in [6, 6.07) is 5.26. The van der Waals surface area contributed by atoms with Crippen molar-refractivity contribution >= 4 is 39.2 Å². The first-order chi connectivity index (χ1) is 10.0. The fourth-order valence-electron chi connectivity index (χ4n) is 2.34. The number of benzene rings is 1. The fraction of sp³-hybridized carbons (Fsp3) is 0.308. The van der Waals surface area contributed by atoms with E-state index in [2.05, 4.69) is 0 Å². The van der Waals surface area contributed by atoms with Crippen molar-refractivity contribution in [1.82, 2.24) is 4.57 Å². The Bertz CT molecular complexity index is 794.